The van der Waals surface area contributed by atoms with Gasteiger partial charge in [-0.1, -0.05) is 11.6 Å². The van der Waals surface area contributed by atoms with Crippen LogP contribution in [0.15, 0.2) is 47.7 Å². The zero-order valence-electron chi connectivity index (χ0n) is 17.2. The quantitative estimate of drug-likeness (QED) is 0.729. The van der Waals surface area contributed by atoms with E-state index in [1.165, 1.54) is 17.0 Å². The summed E-state index contributed by atoms with van der Waals surface area (Å²) in [5.41, 5.74) is 6.37. The number of aliphatic hydroxyl groups is 1. The van der Waals surface area contributed by atoms with E-state index in [-0.39, 0.29) is 18.4 Å². The first kappa shape index (κ1) is 20.8. The Kier molecular flexibility index (Phi) is 5.06. The fourth-order valence-electron chi connectivity index (χ4n) is 4.98. The molecule has 0 spiro atoms. The molecule has 2 unspecified atom stereocenters. The summed E-state index contributed by atoms with van der Waals surface area (Å²) >= 11 is 6.42. The van der Waals surface area contributed by atoms with Crippen LogP contribution in [0.1, 0.15) is 24.4 Å². The van der Waals surface area contributed by atoms with Gasteiger partial charge < -0.3 is 20.6 Å². The number of β-amino-alcohol motifs (C(OH)–C–C–N with tert-alkyl or cyclic N) is 1. The molecule has 0 saturated carbocycles. The number of halogens is 2. The Hall–Kier alpha value is -3.11. The molecule has 32 heavy (non-hydrogen) atoms. The predicted molar refractivity (Wildman–Crippen MR) is 118 cm³/mol. The van der Waals surface area contributed by atoms with Crippen molar-refractivity contribution in [3.05, 3.63) is 59.1 Å². The normalized spacial score (nSPS) is 27.2. The second kappa shape index (κ2) is 7.79. The summed E-state index contributed by atoms with van der Waals surface area (Å²) in [6, 6.07) is 5.31. The van der Waals surface area contributed by atoms with Gasteiger partial charge in [0, 0.05) is 30.4 Å². The van der Waals surface area contributed by atoms with Crippen LogP contribution in [0.2, 0.25) is 5.02 Å². The lowest BCUT2D eigenvalue weighted by Gasteiger charge is -2.59. The number of amides is 2. The van der Waals surface area contributed by atoms with E-state index in [4.69, 9.17) is 17.3 Å². The summed E-state index contributed by atoms with van der Waals surface area (Å²) in [6.45, 7) is 1.16. The van der Waals surface area contributed by atoms with E-state index < -0.39 is 17.9 Å². The number of aliphatic hydroxyl groups excluding tert-OH is 1. The number of carbonyl (C=O) groups excluding carboxylic acids is 1. The number of anilines is 1. The predicted octanol–water partition coefficient (Wildman–Crippen LogP) is 2.24. The van der Waals surface area contributed by atoms with Crippen LogP contribution in [0.25, 0.3) is 0 Å². The van der Waals surface area contributed by atoms with E-state index in [2.05, 4.69) is 15.0 Å². The third kappa shape index (κ3) is 2.97. The second-order valence-electron chi connectivity index (χ2n) is 8.07. The topological polar surface area (TPSA) is 103 Å². The van der Waals surface area contributed by atoms with Crippen molar-refractivity contribution in [2.45, 2.75) is 30.8 Å². The number of hydrogen-bond donors (Lipinski definition) is 2. The first-order valence-electron chi connectivity index (χ1n) is 10.4. The van der Waals surface area contributed by atoms with Crippen molar-refractivity contribution < 1.29 is 14.3 Å². The number of benzene rings is 1. The molecule has 11 heteroatoms. The summed E-state index contributed by atoms with van der Waals surface area (Å²) in [5, 5.41) is 16.0. The Morgan fingerprint density at radius 3 is 2.91 bits per heavy atom. The number of nitrogens with two attached hydrogens (primary N) is 1. The Morgan fingerprint density at radius 2 is 2.19 bits per heavy atom. The molecule has 2 saturated heterocycles. The Labute approximate surface area is 189 Å². The summed E-state index contributed by atoms with van der Waals surface area (Å²) < 4.78 is 15.6. The largest absolute Gasteiger partial charge is 0.385 e. The molecule has 3 N–H and O–H groups in total. The van der Waals surface area contributed by atoms with E-state index in [1.807, 2.05) is 12.1 Å². The SMILES string of the molecule is NC(=O)N1CC(O)C1(N1C=NC=CC1)n1nccc1N1CCC[C@@H]1c1cc(F)ccc1Cl. The standard InChI is InChI=1S/C21H23ClFN7O2/c22-16-5-4-14(23)11-15(16)17-3-1-10-28(17)19-6-8-26-30(19)21(27-9-2-7-25-13-27)18(31)12-29(21)20(24)32/h2,4-8,11,13,17-18,31H,1,3,9-10,12H2,(H2,24,32)/t17-,18?,21?/m1/s1. The molecular formula is C21H23ClFN7O2. The summed E-state index contributed by atoms with van der Waals surface area (Å²) in [5.74, 6) is -1.05. The Bertz CT molecular complexity index is 1110. The maximum atomic E-state index is 14.0. The molecule has 9 nitrogen and oxygen atoms in total. The molecule has 0 bridgehead atoms. The van der Waals surface area contributed by atoms with Gasteiger partial charge >= 0.3 is 6.03 Å². The molecule has 3 aliphatic rings. The van der Waals surface area contributed by atoms with Gasteiger partial charge in [-0.25, -0.2) is 18.9 Å². The highest BCUT2D eigenvalue weighted by Crippen LogP contribution is 2.45. The third-order valence-electron chi connectivity index (χ3n) is 6.39. The lowest BCUT2D eigenvalue weighted by molar-refractivity contribution is -0.225. The van der Waals surface area contributed by atoms with E-state index in [0.29, 0.717) is 29.5 Å². The maximum absolute atomic E-state index is 14.0. The minimum atomic E-state index is -1.36. The molecular weight excluding hydrogens is 437 g/mol. The van der Waals surface area contributed by atoms with Crippen LogP contribution in [0.3, 0.4) is 0 Å². The number of hydrogen-bond acceptors (Lipinski definition) is 6. The minimum absolute atomic E-state index is 0.0713. The van der Waals surface area contributed by atoms with Crippen molar-refractivity contribution in [1.82, 2.24) is 19.6 Å². The first-order valence-corrected chi connectivity index (χ1v) is 10.8. The molecule has 2 amide bonds. The highest BCUT2D eigenvalue weighted by Gasteiger charge is 2.62. The highest BCUT2D eigenvalue weighted by molar-refractivity contribution is 6.31. The molecule has 5 rings (SSSR count). The van der Waals surface area contributed by atoms with Crippen molar-refractivity contribution in [2.75, 3.05) is 24.5 Å². The third-order valence-corrected chi connectivity index (χ3v) is 6.73. The average molecular weight is 460 g/mol. The molecule has 3 aliphatic heterocycles. The van der Waals surface area contributed by atoms with Gasteiger partial charge in [-0.05, 0) is 42.7 Å². The first-order chi connectivity index (χ1) is 15.4. The fraction of sp³-hybridized carbons (Fsp3) is 0.381. The van der Waals surface area contributed by atoms with Crippen LogP contribution in [-0.4, -0.2) is 62.8 Å². The van der Waals surface area contributed by atoms with Crippen LogP contribution < -0.4 is 10.6 Å². The molecule has 168 valence electrons. The lowest BCUT2D eigenvalue weighted by atomic mass is 9.97. The van der Waals surface area contributed by atoms with E-state index in [0.717, 1.165) is 12.8 Å². The van der Waals surface area contributed by atoms with Crippen molar-refractivity contribution in [2.24, 2.45) is 10.7 Å². The van der Waals surface area contributed by atoms with Crippen molar-refractivity contribution in [1.29, 1.82) is 0 Å². The van der Waals surface area contributed by atoms with Gasteiger partial charge in [-0.3, -0.25) is 4.90 Å². The Balaban J connectivity index is 1.61. The van der Waals surface area contributed by atoms with E-state index in [1.54, 1.807) is 34.4 Å². The van der Waals surface area contributed by atoms with Gasteiger partial charge in [0.15, 0.2) is 0 Å². The van der Waals surface area contributed by atoms with Crippen LogP contribution in [0.4, 0.5) is 15.0 Å². The maximum Gasteiger partial charge on any atom is 0.318 e. The highest BCUT2D eigenvalue weighted by atomic mass is 35.5. The zero-order chi connectivity index (χ0) is 22.5. The summed E-state index contributed by atoms with van der Waals surface area (Å²) in [4.78, 5) is 21.7. The molecule has 3 atom stereocenters. The average Bonchev–Trinajstić information content (AvgIpc) is 3.44. The van der Waals surface area contributed by atoms with Crippen LogP contribution in [0.5, 0.6) is 0 Å². The minimum Gasteiger partial charge on any atom is -0.385 e. The number of primary amides is 1. The molecule has 2 fully saturated rings. The van der Waals surface area contributed by atoms with Crippen molar-refractivity contribution in [3.63, 3.8) is 0 Å². The van der Waals surface area contributed by atoms with Gasteiger partial charge in [-0.2, -0.15) is 5.10 Å². The van der Waals surface area contributed by atoms with Gasteiger partial charge in [0.25, 0.3) is 0 Å². The number of likely N-dealkylation sites (tertiary alicyclic amines) is 1. The van der Waals surface area contributed by atoms with Crippen LogP contribution in [-0.2, 0) is 5.79 Å². The number of rotatable bonds is 4. The fourth-order valence-corrected chi connectivity index (χ4v) is 5.23. The monoisotopic (exact) mass is 459 g/mol. The molecule has 1 aromatic carbocycles. The van der Waals surface area contributed by atoms with Crippen LogP contribution in [0, 0.1) is 5.82 Å². The molecule has 0 aliphatic carbocycles. The van der Waals surface area contributed by atoms with E-state index in [9.17, 15) is 14.3 Å². The number of carbonyl (C=O) groups is 1. The number of aromatic nitrogens is 2. The number of nitrogens with zero attached hydrogens (tertiary/aromatic N) is 6. The lowest BCUT2D eigenvalue weighted by Crippen LogP contribution is -2.80. The number of urea groups is 1. The van der Waals surface area contributed by atoms with E-state index >= 15 is 0 Å². The second-order valence-corrected chi connectivity index (χ2v) is 8.48. The van der Waals surface area contributed by atoms with Gasteiger partial charge in [-0.15, -0.1) is 0 Å². The molecule has 0 radical (unpaired) electrons. The smallest absolute Gasteiger partial charge is 0.318 e. The van der Waals surface area contributed by atoms with Crippen LogP contribution >= 0.6 is 11.6 Å². The Morgan fingerprint density at radius 1 is 1.34 bits per heavy atom. The molecule has 4 heterocycles. The molecule has 1 aromatic heterocycles. The number of aliphatic imine (C=N–C) groups is 1. The zero-order valence-corrected chi connectivity index (χ0v) is 17.9. The molecule has 2 aromatic rings. The van der Waals surface area contributed by atoms with Crippen molar-refractivity contribution >= 4 is 29.8 Å². The van der Waals surface area contributed by atoms with Gasteiger partial charge in [0.2, 0.25) is 5.79 Å². The summed E-state index contributed by atoms with van der Waals surface area (Å²) in [7, 11) is 0. The van der Waals surface area contributed by atoms with Gasteiger partial charge in [0.05, 0.1) is 25.1 Å². The van der Waals surface area contributed by atoms with Gasteiger partial charge in [0.1, 0.15) is 17.7 Å². The summed E-state index contributed by atoms with van der Waals surface area (Å²) in [6.07, 6.45) is 7.33. The van der Waals surface area contributed by atoms with Crippen molar-refractivity contribution in [3.8, 4) is 0 Å².